The predicted molar refractivity (Wildman–Crippen MR) is 148 cm³/mol. The number of aromatic nitrogens is 5. The fourth-order valence-electron chi connectivity index (χ4n) is 5.42. The van der Waals surface area contributed by atoms with Gasteiger partial charge in [-0.15, -0.1) is 0 Å². The second kappa shape index (κ2) is 12.3. The number of carbonyl (C=O) groups excluding carboxylic acids is 1. The third-order valence-corrected chi connectivity index (χ3v) is 7.82. The van der Waals surface area contributed by atoms with Crippen molar-refractivity contribution in [1.29, 1.82) is 5.26 Å². The number of nitrogens with zero attached hydrogens (tertiary/aromatic N) is 7. The summed E-state index contributed by atoms with van der Waals surface area (Å²) in [6.07, 6.45) is 4.39. The van der Waals surface area contributed by atoms with Crippen molar-refractivity contribution in [3.8, 4) is 11.9 Å². The summed E-state index contributed by atoms with van der Waals surface area (Å²) in [7, 11) is 0. The van der Waals surface area contributed by atoms with Gasteiger partial charge in [0.1, 0.15) is 18.2 Å². The second-order valence-electron chi connectivity index (χ2n) is 10.5. The third kappa shape index (κ3) is 5.84. The lowest BCUT2D eigenvalue weighted by atomic mass is 9.93. The van der Waals surface area contributed by atoms with E-state index in [2.05, 4.69) is 9.88 Å². The quantitative estimate of drug-likeness (QED) is 0.261. The van der Waals surface area contributed by atoms with Crippen LogP contribution in [-0.4, -0.2) is 67.4 Å². The number of pyridine rings is 1. The molecule has 12 heteroatoms. The lowest BCUT2D eigenvalue weighted by Crippen LogP contribution is -2.36. The number of benzene rings is 1. The lowest BCUT2D eigenvalue weighted by molar-refractivity contribution is -0.0622. The molecule has 2 saturated heterocycles. The zero-order valence-electron chi connectivity index (χ0n) is 23.4. The van der Waals surface area contributed by atoms with Crippen LogP contribution in [0.1, 0.15) is 65.2 Å². The van der Waals surface area contributed by atoms with Crippen molar-refractivity contribution in [1.82, 2.24) is 29.0 Å². The van der Waals surface area contributed by atoms with Crippen molar-refractivity contribution in [2.24, 2.45) is 0 Å². The van der Waals surface area contributed by atoms with Crippen molar-refractivity contribution >= 4 is 11.7 Å². The van der Waals surface area contributed by atoms with E-state index in [0.29, 0.717) is 36.0 Å². The van der Waals surface area contributed by atoms with E-state index >= 15 is 0 Å². The van der Waals surface area contributed by atoms with E-state index in [1.54, 1.807) is 29.6 Å². The summed E-state index contributed by atoms with van der Waals surface area (Å²) in [5.41, 5.74) is 1.96. The molecule has 1 atom stereocenters. The lowest BCUT2D eigenvalue weighted by Gasteiger charge is -2.32. The van der Waals surface area contributed by atoms with Gasteiger partial charge in [0, 0.05) is 29.8 Å². The van der Waals surface area contributed by atoms with Crippen molar-refractivity contribution in [3.05, 3.63) is 76.8 Å². The standard InChI is InChI=1S/C30H32FN7O4/c1-2-40-29(39)26-16-33-30-35-27(37(38(26)30)17-23-10-13-41-23)18-36-11-8-21(9-12-36)25-4-3-5-28(34-25)42-19-22-7-6-20(15-32)14-24(22)31/h3-7,14,16,21,23H,2,8-13,17-19H2,1H3. The van der Waals surface area contributed by atoms with Gasteiger partial charge >= 0.3 is 5.97 Å². The molecule has 5 heterocycles. The van der Waals surface area contributed by atoms with E-state index in [9.17, 15) is 9.18 Å². The highest BCUT2D eigenvalue weighted by molar-refractivity contribution is 5.88. The first-order valence-corrected chi connectivity index (χ1v) is 14.2. The predicted octanol–water partition coefficient (Wildman–Crippen LogP) is 3.86. The van der Waals surface area contributed by atoms with Crippen LogP contribution in [0, 0.1) is 17.1 Å². The maximum absolute atomic E-state index is 14.2. The topological polar surface area (TPSA) is 120 Å². The minimum atomic E-state index is -0.469. The van der Waals surface area contributed by atoms with E-state index < -0.39 is 11.8 Å². The summed E-state index contributed by atoms with van der Waals surface area (Å²) >= 11 is 0. The van der Waals surface area contributed by atoms with Crippen LogP contribution in [0.5, 0.6) is 5.88 Å². The molecule has 4 aromatic rings. The van der Waals surface area contributed by atoms with Crippen LogP contribution in [0.2, 0.25) is 0 Å². The largest absolute Gasteiger partial charge is 0.473 e. The number of fused-ring (bicyclic) bond motifs is 1. The maximum atomic E-state index is 14.2. The van der Waals surface area contributed by atoms with Crippen molar-refractivity contribution < 1.29 is 23.4 Å². The Bertz CT molecular complexity index is 1620. The molecule has 2 fully saturated rings. The molecule has 3 aromatic heterocycles. The highest BCUT2D eigenvalue weighted by Gasteiger charge is 2.28. The van der Waals surface area contributed by atoms with Gasteiger partial charge in [-0.1, -0.05) is 12.1 Å². The van der Waals surface area contributed by atoms with Crippen LogP contribution in [0.25, 0.3) is 5.78 Å². The number of esters is 1. The number of imidazole rings is 1. The summed E-state index contributed by atoms with van der Waals surface area (Å²) in [5, 5.41) is 8.94. The average molecular weight is 574 g/mol. The fourth-order valence-corrected chi connectivity index (χ4v) is 5.42. The summed E-state index contributed by atoms with van der Waals surface area (Å²) < 4.78 is 34.7. The van der Waals surface area contributed by atoms with Gasteiger partial charge in [-0.3, -0.25) is 9.58 Å². The Kier molecular flexibility index (Phi) is 8.12. The number of halogens is 1. The molecule has 2 aliphatic rings. The Hall–Kier alpha value is -4.34. The van der Waals surface area contributed by atoms with Crippen LogP contribution < -0.4 is 4.74 Å². The number of carbonyl (C=O) groups is 1. The molecule has 0 radical (unpaired) electrons. The minimum absolute atomic E-state index is 0.0341. The molecule has 0 N–H and O–H groups in total. The van der Waals surface area contributed by atoms with Crippen molar-refractivity contribution in [3.63, 3.8) is 0 Å². The summed E-state index contributed by atoms with van der Waals surface area (Å²) in [5.74, 6) is 1.13. The molecule has 1 aromatic carbocycles. The third-order valence-electron chi connectivity index (χ3n) is 7.82. The van der Waals surface area contributed by atoms with Gasteiger partial charge in [0.15, 0.2) is 5.69 Å². The van der Waals surface area contributed by atoms with Gasteiger partial charge < -0.3 is 14.2 Å². The molecular formula is C30H32FN7O4. The van der Waals surface area contributed by atoms with Gasteiger partial charge in [-0.25, -0.2) is 23.7 Å². The summed E-state index contributed by atoms with van der Waals surface area (Å²) in [6, 6.07) is 12.0. The molecule has 0 bridgehead atoms. The number of ether oxygens (including phenoxy) is 3. The van der Waals surface area contributed by atoms with Gasteiger partial charge in [0.2, 0.25) is 5.88 Å². The molecule has 0 saturated carbocycles. The zero-order chi connectivity index (χ0) is 29.1. The molecule has 218 valence electrons. The Morgan fingerprint density at radius 1 is 1.19 bits per heavy atom. The molecular weight excluding hydrogens is 541 g/mol. The van der Waals surface area contributed by atoms with Gasteiger partial charge in [-0.2, -0.15) is 10.2 Å². The highest BCUT2D eigenvalue weighted by atomic mass is 19.1. The molecule has 6 rings (SSSR count). The van der Waals surface area contributed by atoms with E-state index in [4.69, 9.17) is 29.4 Å². The van der Waals surface area contributed by atoms with E-state index in [0.717, 1.165) is 50.5 Å². The zero-order valence-corrected chi connectivity index (χ0v) is 23.4. The van der Waals surface area contributed by atoms with Crippen molar-refractivity contribution in [2.75, 3.05) is 26.3 Å². The summed E-state index contributed by atoms with van der Waals surface area (Å²) in [6.45, 7) is 5.77. The van der Waals surface area contributed by atoms with E-state index in [-0.39, 0.29) is 30.8 Å². The number of nitriles is 1. The molecule has 1 unspecified atom stereocenters. The molecule has 2 aliphatic heterocycles. The fraction of sp³-hybridized carbons (Fsp3) is 0.433. The normalized spacial score (nSPS) is 17.6. The summed E-state index contributed by atoms with van der Waals surface area (Å²) in [4.78, 5) is 28.8. The molecule has 0 aliphatic carbocycles. The first-order chi connectivity index (χ1) is 20.5. The Balaban J connectivity index is 1.10. The number of hydrogen-bond acceptors (Lipinski definition) is 9. The van der Waals surface area contributed by atoms with Crippen LogP contribution >= 0.6 is 0 Å². The van der Waals surface area contributed by atoms with Gasteiger partial charge in [0.25, 0.3) is 5.78 Å². The second-order valence-corrected chi connectivity index (χ2v) is 10.5. The molecule has 0 amide bonds. The first kappa shape index (κ1) is 27.8. The Labute approximate surface area is 242 Å². The van der Waals surface area contributed by atoms with Crippen LogP contribution in [-0.2, 0) is 29.2 Å². The Morgan fingerprint density at radius 2 is 2.02 bits per heavy atom. The van der Waals surface area contributed by atoms with Gasteiger partial charge in [0.05, 0.1) is 43.6 Å². The molecule has 11 nitrogen and oxygen atoms in total. The first-order valence-electron chi connectivity index (χ1n) is 14.2. The molecule has 42 heavy (non-hydrogen) atoms. The monoisotopic (exact) mass is 573 g/mol. The highest BCUT2D eigenvalue weighted by Crippen LogP contribution is 2.29. The number of piperidine rings is 1. The smallest absolute Gasteiger partial charge is 0.358 e. The maximum Gasteiger partial charge on any atom is 0.358 e. The number of rotatable bonds is 10. The average Bonchev–Trinajstić information content (AvgIpc) is 3.54. The van der Waals surface area contributed by atoms with Crippen LogP contribution in [0.15, 0.2) is 42.6 Å². The van der Waals surface area contributed by atoms with Crippen molar-refractivity contribution in [2.45, 2.75) is 57.9 Å². The molecule has 0 spiro atoms. The van der Waals surface area contributed by atoms with Gasteiger partial charge in [-0.05, 0) is 57.5 Å². The number of likely N-dealkylation sites (tertiary alicyclic amines) is 1. The van der Waals surface area contributed by atoms with Crippen LogP contribution in [0.4, 0.5) is 4.39 Å². The minimum Gasteiger partial charge on any atom is -0.473 e. The SMILES string of the molecule is CCOC(=O)c1cnc2nc(CN3CCC(c4cccc(OCc5ccc(C#N)cc5F)n4)CC3)n(CC3CCO3)n12. The van der Waals surface area contributed by atoms with E-state index in [1.165, 1.54) is 12.3 Å². The number of hydrogen-bond donors (Lipinski definition) is 0. The van der Waals surface area contributed by atoms with Crippen LogP contribution in [0.3, 0.4) is 0 Å². The van der Waals surface area contributed by atoms with E-state index in [1.807, 2.05) is 22.9 Å². The Morgan fingerprint density at radius 3 is 2.74 bits per heavy atom.